The fourth-order valence-corrected chi connectivity index (χ4v) is 3.24. The average molecular weight is 343 g/mol. The molecule has 0 aliphatic carbocycles. The van der Waals surface area contributed by atoms with Gasteiger partial charge in [0.05, 0.1) is 13.0 Å². The molecule has 2 aromatic carbocycles. The van der Waals surface area contributed by atoms with Crippen LogP contribution in [0.4, 0.5) is 5.69 Å². The first kappa shape index (κ1) is 16.3. The minimum atomic E-state index is -2.54. The predicted molar refractivity (Wildman–Crippen MR) is 90.3 cm³/mol. The number of β-lactam (4-membered cyclic amide) rings is 1. The van der Waals surface area contributed by atoms with Crippen molar-refractivity contribution in [3.05, 3.63) is 60.2 Å². The average Bonchev–Trinajstić information content (AvgIpc) is 2.59. The Balaban J connectivity index is 1.62. The monoisotopic (exact) mass is 343 g/mol. The third-order valence-electron chi connectivity index (χ3n) is 3.85. The Labute approximate surface area is 140 Å². The van der Waals surface area contributed by atoms with Crippen molar-refractivity contribution < 1.29 is 19.0 Å². The molecule has 2 aromatic rings. The van der Waals surface area contributed by atoms with Crippen molar-refractivity contribution in [3.8, 4) is 0 Å². The van der Waals surface area contributed by atoms with Crippen molar-refractivity contribution in [1.82, 2.24) is 5.32 Å². The smallest absolute Gasteiger partial charge is 0.342 e. The molecule has 0 saturated carbocycles. The van der Waals surface area contributed by atoms with Crippen molar-refractivity contribution in [3.63, 3.8) is 0 Å². The number of nitrogens with zero attached hydrogens (tertiary/aromatic N) is 1. The lowest BCUT2D eigenvalue weighted by Gasteiger charge is -2.38. The van der Waals surface area contributed by atoms with Crippen LogP contribution in [-0.4, -0.2) is 29.3 Å². The summed E-state index contributed by atoms with van der Waals surface area (Å²) in [7, 11) is -2.54. The number of carbonyl (C=O) groups is 2. The van der Waals surface area contributed by atoms with Gasteiger partial charge in [0, 0.05) is 0 Å². The normalized spacial score (nSPS) is 17.2. The Kier molecular flexibility index (Phi) is 4.69. The van der Waals surface area contributed by atoms with Crippen LogP contribution < -0.4 is 15.5 Å². The van der Waals surface area contributed by atoms with Gasteiger partial charge in [0.2, 0.25) is 11.2 Å². The van der Waals surface area contributed by atoms with Crippen LogP contribution in [0, 0.1) is 0 Å². The molecular weight excluding hydrogens is 327 g/mol. The van der Waals surface area contributed by atoms with Crippen LogP contribution in [0.5, 0.6) is 0 Å². The van der Waals surface area contributed by atoms with Crippen LogP contribution in [0.3, 0.4) is 0 Å². The lowest BCUT2D eigenvalue weighted by molar-refractivity contribution is -0.130. The van der Waals surface area contributed by atoms with Crippen molar-refractivity contribution in [1.29, 1.82) is 0 Å². The van der Waals surface area contributed by atoms with Gasteiger partial charge in [-0.05, 0) is 22.3 Å². The number of amides is 2. The summed E-state index contributed by atoms with van der Waals surface area (Å²) in [6.45, 7) is 0.291. The van der Waals surface area contributed by atoms with E-state index in [9.17, 15) is 19.0 Å². The van der Waals surface area contributed by atoms with Gasteiger partial charge < -0.3 is 10.2 Å². The van der Waals surface area contributed by atoms with E-state index in [4.69, 9.17) is 0 Å². The Morgan fingerprint density at radius 2 is 1.83 bits per heavy atom. The van der Waals surface area contributed by atoms with Gasteiger partial charge in [-0.2, -0.15) is 4.89 Å². The minimum Gasteiger partial charge on any atom is -0.342 e. The molecule has 1 fully saturated rings. The zero-order chi connectivity index (χ0) is 17.1. The molecule has 1 saturated heterocycles. The second-order valence-electron chi connectivity index (χ2n) is 5.49. The van der Waals surface area contributed by atoms with E-state index in [2.05, 4.69) is 5.32 Å². The summed E-state index contributed by atoms with van der Waals surface area (Å²) in [5, 5.41) is 2.92. The number of anilines is 1. The molecule has 24 heavy (non-hydrogen) atoms. The fourth-order valence-electron chi connectivity index (χ4n) is 2.63. The summed E-state index contributed by atoms with van der Waals surface area (Å²) in [6, 6.07) is 15.2. The highest BCUT2D eigenvalue weighted by Gasteiger charge is 2.41. The van der Waals surface area contributed by atoms with Gasteiger partial charge in [-0.15, -0.1) is 0 Å². The van der Waals surface area contributed by atoms with Gasteiger partial charge >= 0.3 is 8.03 Å². The molecule has 2 atom stereocenters. The van der Waals surface area contributed by atoms with Crippen LogP contribution in [0.25, 0.3) is 0 Å². The summed E-state index contributed by atoms with van der Waals surface area (Å²) < 4.78 is 11.4. The highest BCUT2D eigenvalue weighted by molar-refractivity contribution is 7.47. The molecule has 3 rings (SSSR count). The van der Waals surface area contributed by atoms with Gasteiger partial charge in [-0.3, -0.25) is 9.59 Å². The van der Waals surface area contributed by atoms with Crippen molar-refractivity contribution in [2.45, 2.75) is 12.5 Å². The van der Waals surface area contributed by atoms with Crippen molar-refractivity contribution >= 4 is 30.8 Å². The molecule has 1 aliphatic heterocycles. The molecule has 0 radical (unpaired) electrons. The lowest BCUT2D eigenvalue weighted by atomic mass is 10.1. The Bertz CT molecular complexity index is 794. The van der Waals surface area contributed by atoms with E-state index in [1.807, 2.05) is 30.3 Å². The van der Waals surface area contributed by atoms with Gasteiger partial charge in [-0.1, -0.05) is 42.5 Å². The first-order valence-corrected chi connectivity index (χ1v) is 8.67. The zero-order valence-corrected chi connectivity index (χ0v) is 13.6. The maximum Gasteiger partial charge on any atom is 0.548 e. The molecule has 2 unspecified atom stereocenters. The van der Waals surface area contributed by atoms with E-state index in [-0.39, 0.29) is 23.5 Å². The van der Waals surface area contributed by atoms with Crippen LogP contribution in [0.2, 0.25) is 0 Å². The van der Waals surface area contributed by atoms with E-state index in [0.717, 1.165) is 5.56 Å². The van der Waals surface area contributed by atoms with Gasteiger partial charge in [0.25, 0.3) is 5.91 Å². The van der Waals surface area contributed by atoms with E-state index in [0.29, 0.717) is 12.2 Å². The molecule has 2 amide bonds. The van der Waals surface area contributed by atoms with Crippen LogP contribution in [0.15, 0.2) is 54.6 Å². The van der Waals surface area contributed by atoms with Gasteiger partial charge in [-0.25, -0.2) is 0 Å². The first-order chi connectivity index (χ1) is 11.6. The number of hydrogen-bond acceptors (Lipinski definition) is 3. The standard InChI is InChI=1S/C17H15N2O4P/c20-16(10-12-6-2-1-3-7-12)18-13-11-19(17(13)21)14-8-4-5-9-15(14)24(22)23/h1-9,13H,10-11H2,(H-,18,20,22,23)/p+1. The van der Waals surface area contributed by atoms with E-state index >= 15 is 0 Å². The van der Waals surface area contributed by atoms with Crippen LogP contribution in [0.1, 0.15) is 5.56 Å². The Hall–Kier alpha value is -2.56. The SMILES string of the molecule is O=C(Cc1ccccc1)NC1CN(c2ccccc2[P+](=O)O)C1=O. The van der Waals surface area contributed by atoms with Crippen molar-refractivity contribution in [2.75, 3.05) is 11.4 Å². The molecular formula is C17H16N2O4P+. The highest BCUT2D eigenvalue weighted by atomic mass is 31.1. The van der Waals surface area contributed by atoms with Crippen LogP contribution in [-0.2, 0) is 20.6 Å². The molecule has 7 heteroatoms. The van der Waals surface area contributed by atoms with E-state index in [1.54, 1.807) is 18.2 Å². The quantitative estimate of drug-likeness (QED) is 0.629. The third-order valence-corrected chi connectivity index (χ3v) is 4.64. The summed E-state index contributed by atoms with van der Waals surface area (Å²) in [5.74, 6) is -0.499. The number of nitrogens with one attached hydrogen (secondary N) is 1. The molecule has 0 bridgehead atoms. The second kappa shape index (κ2) is 6.91. The molecule has 1 aliphatic rings. The number of carbonyl (C=O) groups excluding carboxylic acids is 2. The molecule has 6 nitrogen and oxygen atoms in total. The molecule has 1 heterocycles. The maximum absolute atomic E-state index is 12.3. The number of rotatable bonds is 5. The Morgan fingerprint density at radius 3 is 2.50 bits per heavy atom. The summed E-state index contributed by atoms with van der Waals surface area (Å²) in [6.07, 6.45) is 0.212. The zero-order valence-electron chi connectivity index (χ0n) is 12.8. The molecule has 0 aromatic heterocycles. The number of benzene rings is 2. The molecule has 2 N–H and O–H groups in total. The highest BCUT2D eigenvalue weighted by Crippen LogP contribution is 2.27. The minimum absolute atomic E-state index is 0.212. The topological polar surface area (TPSA) is 86.7 Å². The summed E-state index contributed by atoms with van der Waals surface area (Å²) in [4.78, 5) is 35.0. The number of hydrogen-bond donors (Lipinski definition) is 2. The molecule has 122 valence electrons. The van der Waals surface area contributed by atoms with Gasteiger partial charge in [0.1, 0.15) is 11.7 Å². The molecule has 0 spiro atoms. The Morgan fingerprint density at radius 1 is 1.17 bits per heavy atom. The van der Waals surface area contributed by atoms with Crippen molar-refractivity contribution in [2.24, 2.45) is 0 Å². The van der Waals surface area contributed by atoms with Gasteiger partial charge in [0.15, 0.2) is 0 Å². The first-order valence-electron chi connectivity index (χ1n) is 7.46. The number of para-hydroxylation sites is 1. The van der Waals surface area contributed by atoms with Crippen LogP contribution >= 0.6 is 8.03 Å². The summed E-state index contributed by atoms with van der Waals surface area (Å²) >= 11 is 0. The maximum atomic E-state index is 12.3. The summed E-state index contributed by atoms with van der Waals surface area (Å²) in [5.41, 5.74) is 1.29. The van der Waals surface area contributed by atoms with E-state index < -0.39 is 14.1 Å². The predicted octanol–water partition coefficient (Wildman–Crippen LogP) is 1.12. The second-order valence-corrected chi connectivity index (χ2v) is 6.52. The fraction of sp³-hybridized carbons (Fsp3) is 0.176. The largest absolute Gasteiger partial charge is 0.548 e. The lowest BCUT2D eigenvalue weighted by Crippen LogP contribution is -2.65. The third kappa shape index (κ3) is 3.35. The van der Waals surface area contributed by atoms with E-state index in [1.165, 1.54) is 11.0 Å².